The van der Waals surface area contributed by atoms with Gasteiger partial charge in [-0.25, -0.2) is 4.68 Å². The molecule has 24 heavy (non-hydrogen) atoms. The van der Waals surface area contributed by atoms with Crippen molar-refractivity contribution in [2.24, 2.45) is 0 Å². The van der Waals surface area contributed by atoms with Crippen LogP contribution in [0.15, 0.2) is 24.3 Å². The number of piperazine rings is 1. The fraction of sp³-hybridized carbons (Fsp3) is 0.471. The van der Waals surface area contributed by atoms with Crippen LogP contribution in [-0.2, 0) is 0 Å². The van der Waals surface area contributed by atoms with E-state index in [9.17, 15) is 4.79 Å². The number of halogens is 1. The minimum absolute atomic E-state index is 0.0517. The van der Waals surface area contributed by atoms with Gasteiger partial charge in [0.05, 0.1) is 11.4 Å². The van der Waals surface area contributed by atoms with E-state index in [-0.39, 0.29) is 5.91 Å². The third-order valence-electron chi connectivity index (χ3n) is 4.48. The minimum atomic E-state index is -0.0517. The maximum Gasteiger partial charge on any atom is 0.276 e. The van der Waals surface area contributed by atoms with Crippen molar-refractivity contribution in [1.29, 1.82) is 0 Å². The van der Waals surface area contributed by atoms with Crippen LogP contribution in [0.3, 0.4) is 0 Å². The van der Waals surface area contributed by atoms with E-state index in [0.29, 0.717) is 16.8 Å². The first-order valence-electron chi connectivity index (χ1n) is 8.19. The van der Waals surface area contributed by atoms with Crippen LogP contribution in [0.5, 0.6) is 0 Å². The summed E-state index contributed by atoms with van der Waals surface area (Å²) >= 11 is 6.04. The second-order valence-electron chi connectivity index (χ2n) is 6.34. The summed E-state index contributed by atoms with van der Waals surface area (Å²) in [7, 11) is 0. The Morgan fingerprint density at radius 2 is 1.92 bits per heavy atom. The zero-order chi connectivity index (χ0) is 17.3. The van der Waals surface area contributed by atoms with Crippen molar-refractivity contribution in [1.82, 2.24) is 24.8 Å². The van der Waals surface area contributed by atoms with Gasteiger partial charge in [0.25, 0.3) is 5.91 Å². The molecule has 0 N–H and O–H groups in total. The molecule has 0 saturated carbocycles. The number of hydrogen-bond donors (Lipinski definition) is 0. The largest absolute Gasteiger partial charge is 0.335 e. The third-order valence-corrected chi connectivity index (χ3v) is 4.72. The Morgan fingerprint density at radius 1 is 1.21 bits per heavy atom. The first-order valence-corrected chi connectivity index (χ1v) is 8.56. The maximum absolute atomic E-state index is 12.8. The van der Waals surface area contributed by atoms with Crippen molar-refractivity contribution in [3.8, 4) is 5.69 Å². The van der Waals surface area contributed by atoms with E-state index >= 15 is 0 Å². The molecular weight excluding hydrogens is 326 g/mol. The first kappa shape index (κ1) is 16.9. The zero-order valence-electron chi connectivity index (χ0n) is 14.2. The highest BCUT2D eigenvalue weighted by molar-refractivity contribution is 6.30. The third kappa shape index (κ3) is 3.30. The second-order valence-corrected chi connectivity index (χ2v) is 6.77. The molecule has 0 radical (unpaired) electrons. The van der Waals surface area contributed by atoms with Gasteiger partial charge in [-0.2, -0.15) is 0 Å². The summed E-state index contributed by atoms with van der Waals surface area (Å²) in [5.74, 6) is -0.0517. The van der Waals surface area contributed by atoms with Gasteiger partial charge in [0.15, 0.2) is 5.69 Å². The predicted octanol–water partition coefficient (Wildman–Crippen LogP) is 2.40. The molecule has 1 aromatic heterocycles. The van der Waals surface area contributed by atoms with Crippen LogP contribution in [0.1, 0.15) is 30.0 Å². The van der Waals surface area contributed by atoms with Gasteiger partial charge in [0, 0.05) is 37.2 Å². The number of nitrogens with zero attached hydrogens (tertiary/aromatic N) is 5. The lowest BCUT2D eigenvalue weighted by Crippen LogP contribution is -2.50. The molecule has 1 aliphatic rings. The summed E-state index contributed by atoms with van der Waals surface area (Å²) in [4.78, 5) is 17.0. The first-order chi connectivity index (χ1) is 11.5. The summed E-state index contributed by atoms with van der Waals surface area (Å²) in [5.41, 5.74) is 1.94. The van der Waals surface area contributed by atoms with Crippen molar-refractivity contribution in [3.05, 3.63) is 40.7 Å². The van der Waals surface area contributed by atoms with Gasteiger partial charge < -0.3 is 4.90 Å². The van der Waals surface area contributed by atoms with E-state index < -0.39 is 0 Å². The molecule has 1 saturated heterocycles. The van der Waals surface area contributed by atoms with Crippen LogP contribution in [0.2, 0.25) is 5.02 Å². The minimum Gasteiger partial charge on any atom is -0.335 e. The Labute approximate surface area is 147 Å². The number of rotatable bonds is 3. The molecule has 2 heterocycles. The van der Waals surface area contributed by atoms with Crippen LogP contribution >= 0.6 is 11.6 Å². The average molecular weight is 348 g/mol. The summed E-state index contributed by atoms with van der Waals surface area (Å²) in [6.45, 7) is 9.45. The lowest BCUT2D eigenvalue weighted by atomic mass is 10.2. The lowest BCUT2D eigenvalue weighted by molar-refractivity contribution is 0.0589. The molecule has 2 aromatic rings. The molecule has 1 fully saturated rings. The van der Waals surface area contributed by atoms with Gasteiger partial charge >= 0.3 is 0 Å². The van der Waals surface area contributed by atoms with Gasteiger partial charge in [-0.1, -0.05) is 22.9 Å². The molecule has 0 atom stereocenters. The smallest absolute Gasteiger partial charge is 0.276 e. The molecule has 0 unspecified atom stereocenters. The molecule has 1 amide bonds. The second kappa shape index (κ2) is 6.91. The number of carbonyl (C=O) groups is 1. The Kier molecular flexibility index (Phi) is 4.87. The lowest BCUT2D eigenvalue weighted by Gasteiger charge is -2.36. The highest BCUT2D eigenvalue weighted by Crippen LogP contribution is 2.18. The zero-order valence-corrected chi connectivity index (χ0v) is 15.0. The Balaban J connectivity index is 1.78. The number of benzene rings is 1. The van der Waals surface area contributed by atoms with Gasteiger partial charge in [-0.3, -0.25) is 9.69 Å². The van der Waals surface area contributed by atoms with E-state index in [1.54, 1.807) is 16.8 Å². The number of hydrogen-bond acceptors (Lipinski definition) is 4. The van der Waals surface area contributed by atoms with E-state index in [1.165, 1.54) is 0 Å². The van der Waals surface area contributed by atoms with Crippen molar-refractivity contribution in [2.75, 3.05) is 26.2 Å². The van der Waals surface area contributed by atoms with E-state index in [1.807, 2.05) is 24.0 Å². The van der Waals surface area contributed by atoms with Crippen LogP contribution in [0, 0.1) is 6.92 Å². The molecule has 128 valence electrons. The average Bonchev–Trinajstić information content (AvgIpc) is 2.96. The molecule has 6 nitrogen and oxygen atoms in total. The van der Waals surface area contributed by atoms with Gasteiger partial charge in [-0.05, 0) is 39.0 Å². The van der Waals surface area contributed by atoms with E-state index in [2.05, 4.69) is 29.1 Å². The SMILES string of the molecule is Cc1c(C(=O)N2CCN(C(C)C)CC2)nnn1-c1cccc(Cl)c1. The normalized spacial score (nSPS) is 16.0. The Morgan fingerprint density at radius 3 is 2.54 bits per heavy atom. The van der Waals surface area contributed by atoms with Crippen LogP contribution in [0.25, 0.3) is 5.69 Å². The van der Waals surface area contributed by atoms with Crippen LogP contribution in [0.4, 0.5) is 0 Å². The maximum atomic E-state index is 12.8. The number of aromatic nitrogens is 3. The number of carbonyl (C=O) groups excluding carboxylic acids is 1. The van der Waals surface area contributed by atoms with Crippen molar-refractivity contribution >= 4 is 17.5 Å². The van der Waals surface area contributed by atoms with Gasteiger partial charge in [0.1, 0.15) is 0 Å². The van der Waals surface area contributed by atoms with Gasteiger partial charge in [0.2, 0.25) is 0 Å². The summed E-state index contributed by atoms with van der Waals surface area (Å²) in [6, 6.07) is 7.86. The van der Waals surface area contributed by atoms with Gasteiger partial charge in [-0.15, -0.1) is 5.10 Å². The fourth-order valence-corrected chi connectivity index (χ4v) is 3.16. The van der Waals surface area contributed by atoms with Crippen molar-refractivity contribution < 1.29 is 4.79 Å². The predicted molar refractivity (Wildman–Crippen MR) is 93.7 cm³/mol. The number of amides is 1. The van der Waals surface area contributed by atoms with Crippen molar-refractivity contribution in [3.63, 3.8) is 0 Å². The summed E-state index contributed by atoms with van der Waals surface area (Å²) < 4.78 is 1.66. The standard InChI is InChI=1S/C17H22ClN5O/c1-12(2)21-7-9-22(10-8-21)17(24)16-13(3)23(20-19-16)15-6-4-5-14(18)11-15/h4-6,11-12H,7-10H2,1-3H3. The fourth-order valence-electron chi connectivity index (χ4n) is 2.97. The van der Waals surface area contributed by atoms with Crippen LogP contribution < -0.4 is 0 Å². The quantitative estimate of drug-likeness (QED) is 0.855. The molecule has 7 heteroatoms. The highest BCUT2D eigenvalue weighted by Gasteiger charge is 2.27. The summed E-state index contributed by atoms with van der Waals surface area (Å²) in [5, 5.41) is 8.88. The Hall–Kier alpha value is -1.92. The Bertz CT molecular complexity index is 734. The molecule has 0 aliphatic carbocycles. The molecule has 0 spiro atoms. The highest BCUT2D eigenvalue weighted by atomic mass is 35.5. The van der Waals surface area contributed by atoms with Crippen LogP contribution in [-0.4, -0.2) is 62.9 Å². The summed E-state index contributed by atoms with van der Waals surface area (Å²) in [6.07, 6.45) is 0. The molecule has 3 rings (SSSR count). The van der Waals surface area contributed by atoms with Crippen molar-refractivity contribution in [2.45, 2.75) is 26.8 Å². The molecule has 0 bridgehead atoms. The molecule has 1 aliphatic heterocycles. The molecule has 1 aromatic carbocycles. The monoisotopic (exact) mass is 347 g/mol. The topological polar surface area (TPSA) is 54.3 Å². The van der Waals surface area contributed by atoms with E-state index in [0.717, 1.165) is 37.6 Å². The van der Waals surface area contributed by atoms with E-state index in [4.69, 9.17) is 11.6 Å². The molecular formula is C17H22ClN5O.